The van der Waals surface area contributed by atoms with Gasteiger partial charge in [0.1, 0.15) is 12.6 Å². The molecule has 0 aliphatic rings. The fourth-order valence-corrected chi connectivity index (χ4v) is 1.38. The van der Waals surface area contributed by atoms with Gasteiger partial charge in [-0.25, -0.2) is 0 Å². The van der Waals surface area contributed by atoms with Gasteiger partial charge in [-0.1, -0.05) is 0 Å². The summed E-state index contributed by atoms with van der Waals surface area (Å²) in [5.41, 5.74) is 5.20. The molecule has 0 saturated carbocycles. The van der Waals surface area contributed by atoms with Crippen LogP contribution in [0.25, 0.3) is 0 Å². The Morgan fingerprint density at radius 2 is 2.11 bits per heavy atom. The average Bonchev–Trinajstić information content (AvgIpc) is 2.38. The Hall–Kier alpha value is -1.65. The van der Waals surface area contributed by atoms with Crippen molar-refractivity contribution < 1.29 is 19.1 Å². The Bertz CT molecular complexity index is 315. The summed E-state index contributed by atoms with van der Waals surface area (Å²) in [5, 5.41) is 10.9. The first-order valence-corrected chi connectivity index (χ1v) is 6.14. The Labute approximate surface area is 113 Å². The van der Waals surface area contributed by atoms with Crippen LogP contribution in [0.5, 0.6) is 0 Å². The number of nitrogens with one attached hydrogen (secondary N) is 1. The molecule has 3 N–H and O–H groups in total. The predicted octanol–water partition coefficient (Wildman–Crippen LogP) is -0.297. The molecule has 0 saturated heterocycles. The van der Waals surface area contributed by atoms with Crippen LogP contribution >= 0.6 is 0 Å². The van der Waals surface area contributed by atoms with E-state index < -0.39 is 11.9 Å². The molecule has 0 aromatic carbocycles. The molecule has 0 heterocycles. The van der Waals surface area contributed by atoms with Gasteiger partial charge in [-0.15, -0.1) is 0 Å². The van der Waals surface area contributed by atoms with E-state index in [1.54, 1.807) is 0 Å². The number of methoxy groups -OCH3 is 1. The number of carbonyl (C=O) groups excluding carboxylic acids is 2. The number of primary amides is 1. The summed E-state index contributed by atoms with van der Waals surface area (Å²) < 4.78 is 9.79. The van der Waals surface area contributed by atoms with Gasteiger partial charge in [0, 0.05) is 13.5 Å². The summed E-state index contributed by atoms with van der Waals surface area (Å²) in [6.07, 6.45) is 2.20. The summed E-state index contributed by atoms with van der Waals surface area (Å²) >= 11 is 0. The number of hydrogen-bond acceptors (Lipinski definition) is 5. The van der Waals surface area contributed by atoms with Crippen molar-refractivity contribution in [2.75, 3.05) is 26.9 Å². The van der Waals surface area contributed by atoms with Crippen molar-refractivity contribution in [1.29, 1.82) is 5.26 Å². The smallest absolute Gasteiger partial charge is 0.246 e. The van der Waals surface area contributed by atoms with E-state index in [2.05, 4.69) is 5.32 Å². The highest BCUT2D eigenvalue weighted by Gasteiger charge is 2.17. The Morgan fingerprint density at radius 3 is 2.68 bits per heavy atom. The van der Waals surface area contributed by atoms with Gasteiger partial charge in [0.2, 0.25) is 11.8 Å². The molecule has 0 bridgehead atoms. The molecular weight excluding hydrogens is 250 g/mol. The van der Waals surface area contributed by atoms with Crippen LogP contribution in [0.1, 0.15) is 25.7 Å². The maximum Gasteiger partial charge on any atom is 0.246 e. The molecule has 0 unspecified atom stereocenters. The van der Waals surface area contributed by atoms with E-state index in [9.17, 15) is 9.59 Å². The van der Waals surface area contributed by atoms with Crippen LogP contribution in [0, 0.1) is 11.3 Å². The van der Waals surface area contributed by atoms with E-state index in [-0.39, 0.29) is 12.5 Å². The van der Waals surface area contributed by atoms with Crippen LogP contribution in [-0.4, -0.2) is 44.8 Å². The standard InChI is InChI=1S/C12H21N3O4/c1-18-7-8-19-9-11(16)15-10(12(14)17)5-3-2-4-6-13/h10H,2-5,7-9H2,1H3,(H2,14,17)(H,15,16)/t10-/m1/s1. The highest BCUT2D eigenvalue weighted by atomic mass is 16.5. The zero-order valence-corrected chi connectivity index (χ0v) is 11.2. The molecule has 0 radical (unpaired) electrons. The predicted molar refractivity (Wildman–Crippen MR) is 67.9 cm³/mol. The molecule has 7 heteroatoms. The first kappa shape index (κ1) is 17.4. The minimum atomic E-state index is -0.711. The van der Waals surface area contributed by atoms with Gasteiger partial charge in [-0.05, 0) is 19.3 Å². The molecule has 0 aromatic heterocycles. The molecule has 0 spiro atoms. The summed E-state index contributed by atoms with van der Waals surface area (Å²) in [7, 11) is 1.54. The Balaban J connectivity index is 3.88. The lowest BCUT2D eigenvalue weighted by Crippen LogP contribution is -2.45. The number of nitrogens with zero attached hydrogens (tertiary/aromatic N) is 1. The van der Waals surface area contributed by atoms with Gasteiger partial charge in [0.15, 0.2) is 0 Å². The van der Waals surface area contributed by atoms with Crippen molar-refractivity contribution in [3.8, 4) is 6.07 Å². The highest BCUT2D eigenvalue weighted by molar-refractivity contribution is 5.86. The van der Waals surface area contributed by atoms with E-state index >= 15 is 0 Å². The first-order chi connectivity index (χ1) is 9.11. The highest BCUT2D eigenvalue weighted by Crippen LogP contribution is 2.03. The number of rotatable bonds is 11. The summed E-state index contributed by atoms with van der Waals surface area (Å²) in [5.74, 6) is -0.970. The van der Waals surface area contributed by atoms with Crippen molar-refractivity contribution in [2.45, 2.75) is 31.7 Å². The lowest BCUT2D eigenvalue weighted by molar-refractivity contribution is -0.130. The molecule has 0 aromatic rings. The normalized spacial score (nSPS) is 11.6. The molecule has 19 heavy (non-hydrogen) atoms. The third-order valence-electron chi connectivity index (χ3n) is 2.37. The van der Waals surface area contributed by atoms with E-state index in [4.69, 9.17) is 20.5 Å². The van der Waals surface area contributed by atoms with E-state index in [1.807, 2.05) is 6.07 Å². The van der Waals surface area contributed by atoms with Crippen molar-refractivity contribution in [2.24, 2.45) is 5.73 Å². The van der Waals surface area contributed by atoms with Gasteiger partial charge in [-0.2, -0.15) is 5.26 Å². The third kappa shape index (κ3) is 10.00. The molecule has 108 valence electrons. The van der Waals surface area contributed by atoms with Gasteiger partial charge < -0.3 is 20.5 Å². The second-order valence-corrected chi connectivity index (χ2v) is 3.97. The van der Waals surface area contributed by atoms with Crippen LogP contribution in [0.3, 0.4) is 0 Å². The lowest BCUT2D eigenvalue weighted by Gasteiger charge is -2.15. The second-order valence-electron chi connectivity index (χ2n) is 3.97. The van der Waals surface area contributed by atoms with Gasteiger partial charge in [0.05, 0.1) is 19.3 Å². The Morgan fingerprint density at radius 1 is 1.37 bits per heavy atom. The summed E-state index contributed by atoms with van der Waals surface area (Å²) in [6, 6.07) is 1.31. The molecule has 0 aliphatic heterocycles. The number of ether oxygens (including phenoxy) is 2. The number of amides is 2. The zero-order valence-electron chi connectivity index (χ0n) is 11.2. The molecule has 2 amide bonds. The van der Waals surface area contributed by atoms with E-state index in [1.165, 1.54) is 7.11 Å². The molecule has 0 aliphatic carbocycles. The Kier molecular flexibility index (Phi) is 10.4. The third-order valence-corrected chi connectivity index (χ3v) is 2.37. The maximum absolute atomic E-state index is 11.5. The molecule has 0 fully saturated rings. The largest absolute Gasteiger partial charge is 0.382 e. The van der Waals surface area contributed by atoms with Crippen molar-refractivity contribution >= 4 is 11.8 Å². The van der Waals surface area contributed by atoms with E-state index in [0.717, 1.165) is 0 Å². The molecule has 1 atom stereocenters. The molecular formula is C12H21N3O4. The average molecular weight is 271 g/mol. The topological polar surface area (TPSA) is 114 Å². The fourth-order valence-electron chi connectivity index (χ4n) is 1.38. The zero-order chi connectivity index (χ0) is 14.5. The van der Waals surface area contributed by atoms with Crippen LogP contribution in [-0.2, 0) is 19.1 Å². The second kappa shape index (κ2) is 11.4. The quantitative estimate of drug-likeness (QED) is 0.501. The number of hydrogen-bond donors (Lipinski definition) is 2. The van der Waals surface area contributed by atoms with Crippen molar-refractivity contribution in [3.63, 3.8) is 0 Å². The number of carbonyl (C=O) groups is 2. The van der Waals surface area contributed by atoms with Crippen LogP contribution in [0.4, 0.5) is 0 Å². The maximum atomic E-state index is 11.5. The van der Waals surface area contributed by atoms with Gasteiger partial charge in [0.25, 0.3) is 0 Å². The van der Waals surface area contributed by atoms with Crippen molar-refractivity contribution in [1.82, 2.24) is 5.32 Å². The summed E-state index contributed by atoms with van der Waals surface area (Å²) in [6.45, 7) is 0.583. The van der Waals surface area contributed by atoms with Gasteiger partial charge in [-0.3, -0.25) is 9.59 Å². The first-order valence-electron chi connectivity index (χ1n) is 6.14. The number of unbranched alkanes of at least 4 members (excludes halogenated alkanes) is 2. The lowest BCUT2D eigenvalue weighted by atomic mass is 10.1. The molecule has 7 nitrogen and oxygen atoms in total. The van der Waals surface area contributed by atoms with Crippen LogP contribution in [0.2, 0.25) is 0 Å². The SMILES string of the molecule is COCCOCC(=O)N[C@H](CCCCC#N)C(N)=O. The van der Waals surface area contributed by atoms with E-state index in [0.29, 0.717) is 38.9 Å². The molecule has 0 rings (SSSR count). The van der Waals surface area contributed by atoms with Crippen molar-refractivity contribution in [3.05, 3.63) is 0 Å². The summed E-state index contributed by atoms with van der Waals surface area (Å²) in [4.78, 5) is 22.6. The minimum absolute atomic E-state index is 0.134. The minimum Gasteiger partial charge on any atom is -0.382 e. The van der Waals surface area contributed by atoms with Gasteiger partial charge >= 0.3 is 0 Å². The number of nitriles is 1. The number of nitrogens with two attached hydrogens (primary N) is 1. The van der Waals surface area contributed by atoms with Crippen LogP contribution < -0.4 is 11.1 Å². The fraction of sp³-hybridized carbons (Fsp3) is 0.750. The van der Waals surface area contributed by atoms with Crippen LogP contribution in [0.15, 0.2) is 0 Å². The monoisotopic (exact) mass is 271 g/mol.